The second-order valence-electron chi connectivity index (χ2n) is 8.35. The van der Waals surface area contributed by atoms with Crippen molar-refractivity contribution >= 4 is 22.7 Å². The fourth-order valence-corrected chi connectivity index (χ4v) is 4.65. The monoisotopic (exact) mass is 492 g/mol. The van der Waals surface area contributed by atoms with Crippen LogP contribution in [0.4, 0.5) is 24.9 Å². The molecule has 182 valence electrons. The summed E-state index contributed by atoms with van der Waals surface area (Å²) in [4.78, 5) is 32.5. The van der Waals surface area contributed by atoms with Gasteiger partial charge in [-0.1, -0.05) is 6.07 Å². The van der Waals surface area contributed by atoms with E-state index >= 15 is 0 Å². The Bertz CT molecular complexity index is 1580. The molecular formula is C24H19F3N8O. The van der Waals surface area contributed by atoms with Gasteiger partial charge in [0, 0.05) is 12.7 Å². The van der Waals surface area contributed by atoms with Crippen LogP contribution in [0.5, 0.6) is 0 Å². The number of anilines is 2. The minimum Gasteiger partial charge on any atom is -0.368 e. The number of nitrogen functional groups attached to an aromatic ring is 1. The van der Waals surface area contributed by atoms with Crippen molar-refractivity contribution in [2.45, 2.75) is 32.0 Å². The lowest BCUT2D eigenvalue weighted by molar-refractivity contribution is -0.136. The Balaban J connectivity index is 1.81. The number of hydrogen-bond donors (Lipinski definition) is 1. The molecule has 5 rings (SSSR count). The number of nitrogens with zero attached hydrogens (tertiary/aromatic N) is 7. The Morgan fingerprint density at radius 2 is 1.97 bits per heavy atom. The number of alkyl halides is 3. The van der Waals surface area contributed by atoms with E-state index in [4.69, 9.17) is 5.73 Å². The van der Waals surface area contributed by atoms with Crippen LogP contribution in [0.25, 0.3) is 16.6 Å². The minimum atomic E-state index is -4.74. The van der Waals surface area contributed by atoms with Crippen LogP contribution in [-0.4, -0.2) is 31.0 Å². The van der Waals surface area contributed by atoms with Crippen molar-refractivity contribution in [3.8, 4) is 11.8 Å². The summed E-state index contributed by atoms with van der Waals surface area (Å²) in [7, 11) is 0. The number of benzene rings is 1. The zero-order chi connectivity index (χ0) is 25.6. The van der Waals surface area contributed by atoms with E-state index in [9.17, 15) is 23.2 Å². The van der Waals surface area contributed by atoms with E-state index in [2.05, 4.69) is 26.0 Å². The first-order chi connectivity index (χ1) is 17.2. The SMILES string of the molecule is Cc1nc(N)nc(N2CCC[C@H]2c2nc3cccc(C(F)(F)F)c3c(=O)n2-c2cccnc2)c1C#N. The Kier molecular flexibility index (Phi) is 5.55. The average molecular weight is 492 g/mol. The number of aryl methyl sites for hydroxylation is 1. The molecule has 4 heterocycles. The summed E-state index contributed by atoms with van der Waals surface area (Å²) < 4.78 is 42.6. The molecule has 0 spiro atoms. The van der Waals surface area contributed by atoms with Gasteiger partial charge in [0.15, 0.2) is 5.82 Å². The van der Waals surface area contributed by atoms with Crippen molar-refractivity contribution in [1.29, 1.82) is 5.26 Å². The summed E-state index contributed by atoms with van der Waals surface area (Å²) in [6, 6.07) is 8.17. The summed E-state index contributed by atoms with van der Waals surface area (Å²) in [5.41, 5.74) is 4.78. The number of nitriles is 1. The van der Waals surface area contributed by atoms with Crippen molar-refractivity contribution < 1.29 is 13.2 Å². The van der Waals surface area contributed by atoms with E-state index < -0.39 is 28.7 Å². The molecule has 1 aliphatic rings. The fourth-order valence-electron chi connectivity index (χ4n) is 4.65. The highest BCUT2D eigenvalue weighted by molar-refractivity contribution is 5.82. The van der Waals surface area contributed by atoms with Crippen LogP contribution in [0.3, 0.4) is 0 Å². The van der Waals surface area contributed by atoms with Crippen LogP contribution in [0.2, 0.25) is 0 Å². The lowest BCUT2D eigenvalue weighted by Crippen LogP contribution is -2.33. The minimum absolute atomic E-state index is 0.0157. The normalized spacial score (nSPS) is 15.9. The van der Waals surface area contributed by atoms with E-state index in [0.29, 0.717) is 30.9 Å². The number of aromatic nitrogens is 5. The second kappa shape index (κ2) is 8.60. The Morgan fingerprint density at radius 1 is 1.17 bits per heavy atom. The first-order valence-corrected chi connectivity index (χ1v) is 11.0. The van der Waals surface area contributed by atoms with E-state index in [1.165, 1.54) is 24.5 Å². The summed E-state index contributed by atoms with van der Waals surface area (Å²) in [6.45, 7) is 2.11. The molecule has 0 aliphatic carbocycles. The zero-order valence-electron chi connectivity index (χ0n) is 19.0. The number of rotatable bonds is 3. The molecule has 3 aromatic heterocycles. The van der Waals surface area contributed by atoms with Gasteiger partial charge >= 0.3 is 6.18 Å². The van der Waals surface area contributed by atoms with Gasteiger partial charge in [-0.25, -0.2) is 9.97 Å². The molecule has 9 nitrogen and oxygen atoms in total. The molecule has 4 aromatic rings. The Hall–Kier alpha value is -4.53. The van der Waals surface area contributed by atoms with Crippen molar-refractivity contribution in [2.75, 3.05) is 17.2 Å². The highest BCUT2D eigenvalue weighted by Crippen LogP contribution is 2.38. The van der Waals surface area contributed by atoms with Crippen LogP contribution in [0, 0.1) is 18.3 Å². The maximum atomic E-state index is 13.8. The number of nitrogens with two attached hydrogens (primary N) is 1. The molecule has 1 fully saturated rings. The van der Waals surface area contributed by atoms with Gasteiger partial charge in [-0.05, 0) is 44.0 Å². The number of fused-ring (bicyclic) bond motifs is 1. The third-order valence-electron chi connectivity index (χ3n) is 6.16. The van der Waals surface area contributed by atoms with Crippen molar-refractivity contribution in [3.05, 3.63) is 75.7 Å². The van der Waals surface area contributed by atoms with Gasteiger partial charge in [0.1, 0.15) is 17.5 Å². The molecule has 0 bridgehead atoms. The molecule has 0 unspecified atom stereocenters. The molecule has 12 heteroatoms. The topological polar surface area (TPSA) is 127 Å². The van der Waals surface area contributed by atoms with Gasteiger partial charge in [-0.2, -0.15) is 23.4 Å². The quantitative estimate of drug-likeness (QED) is 0.459. The van der Waals surface area contributed by atoms with Crippen molar-refractivity contribution in [2.24, 2.45) is 0 Å². The fraction of sp³-hybridized carbons (Fsp3) is 0.250. The highest BCUT2D eigenvalue weighted by Gasteiger charge is 2.37. The lowest BCUT2D eigenvalue weighted by atomic mass is 10.1. The summed E-state index contributed by atoms with van der Waals surface area (Å²) >= 11 is 0. The average Bonchev–Trinajstić information content (AvgIpc) is 3.33. The van der Waals surface area contributed by atoms with Gasteiger partial charge in [0.05, 0.1) is 40.1 Å². The van der Waals surface area contributed by atoms with Crippen LogP contribution in [0.15, 0.2) is 47.5 Å². The molecule has 0 saturated carbocycles. The van der Waals surface area contributed by atoms with Crippen molar-refractivity contribution in [1.82, 2.24) is 24.5 Å². The maximum absolute atomic E-state index is 13.8. The molecule has 36 heavy (non-hydrogen) atoms. The highest BCUT2D eigenvalue weighted by atomic mass is 19.4. The summed E-state index contributed by atoms with van der Waals surface area (Å²) in [6.07, 6.45) is -0.669. The standard InChI is InChI=1S/C24H19F3N8O/c1-13-15(11-28)20(33-23(29)31-13)34-10-4-8-18(34)21-32-17-7-2-6-16(24(25,26)27)19(17)22(36)35(21)14-5-3-9-30-12-14/h2-3,5-7,9,12,18H,4,8,10H2,1H3,(H2,29,31,33)/t18-/m0/s1. The van der Waals surface area contributed by atoms with Crippen LogP contribution < -0.4 is 16.2 Å². The van der Waals surface area contributed by atoms with E-state index in [1.54, 1.807) is 24.0 Å². The molecule has 0 radical (unpaired) electrons. The second-order valence-corrected chi connectivity index (χ2v) is 8.35. The molecular weight excluding hydrogens is 473 g/mol. The third kappa shape index (κ3) is 3.78. The van der Waals surface area contributed by atoms with Crippen LogP contribution >= 0.6 is 0 Å². The number of pyridine rings is 1. The molecule has 1 atom stereocenters. The van der Waals surface area contributed by atoms with E-state index in [1.807, 2.05) is 0 Å². The van der Waals surface area contributed by atoms with E-state index in [0.717, 1.165) is 10.6 Å². The van der Waals surface area contributed by atoms with Crippen LogP contribution in [-0.2, 0) is 6.18 Å². The third-order valence-corrected chi connectivity index (χ3v) is 6.16. The smallest absolute Gasteiger partial charge is 0.368 e. The van der Waals surface area contributed by atoms with Gasteiger partial charge < -0.3 is 10.6 Å². The lowest BCUT2D eigenvalue weighted by Gasteiger charge is -2.28. The molecule has 1 aromatic carbocycles. The largest absolute Gasteiger partial charge is 0.417 e. The maximum Gasteiger partial charge on any atom is 0.417 e. The van der Waals surface area contributed by atoms with Crippen molar-refractivity contribution in [3.63, 3.8) is 0 Å². The number of halogens is 3. The zero-order valence-corrected chi connectivity index (χ0v) is 19.0. The van der Waals surface area contributed by atoms with Crippen LogP contribution in [0.1, 0.15) is 41.5 Å². The van der Waals surface area contributed by atoms with E-state index in [-0.39, 0.29) is 28.5 Å². The van der Waals surface area contributed by atoms with Gasteiger partial charge in [0.25, 0.3) is 5.56 Å². The predicted molar refractivity (Wildman–Crippen MR) is 125 cm³/mol. The number of hydrogen-bond acceptors (Lipinski definition) is 8. The molecule has 1 aliphatic heterocycles. The van der Waals surface area contributed by atoms with Gasteiger partial charge in [-0.3, -0.25) is 14.3 Å². The summed E-state index contributed by atoms with van der Waals surface area (Å²) in [5.74, 6) is 0.496. The van der Waals surface area contributed by atoms with Gasteiger partial charge in [0.2, 0.25) is 5.95 Å². The molecule has 1 saturated heterocycles. The molecule has 2 N–H and O–H groups in total. The Labute approximate surface area is 202 Å². The van der Waals surface area contributed by atoms with Gasteiger partial charge in [-0.15, -0.1) is 0 Å². The first kappa shape index (κ1) is 23.2. The summed E-state index contributed by atoms with van der Waals surface area (Å²) in [5, 5.41) is 9.22. The predicted octanol–water partition coefficient (Wildman–Crippen LogP) is 3.69. The first-order valence-electron chi connectivity index (χ1n) is 11.0. The Morgan fingerprint density at radius 3 is 2.67 bits per heavy atom. The molecule has 0 amide bonds.